The highest BCUT2D eigenvalue weighted by Gasteiger charge is 2.43. The standard InChI is InChI=1S/C25H34N8O5/c26-23-28-13-25(37,38)19(31-22(36)16-7-3-5-14-4-1-2-6-15(14)16)12-32-10-17(29-23)18(30-24(32)27)11-33-20(34)8-9-21(33)35/h3,5,7,17-19,37-38H,1-2,4,6,8-13H2,(H2,27,30)(H,31,36)(H3,26,28,29)/p+1. The number of carbonyl (C=O) groups is 3. The zero-order chi connectivity index (χ0) is 27.0. The number of rotatable bonds is 4. The Hall–Kier alpha value is -3.71. The van der Waals surface area contributed by atoms with Crippen LogP contribution in [-0.2, 0) is 22.4 Å². The lowest BCUT2D eigenvalue weighted by atomic mass is 9.88. The Labute approximate surface area is 220 Å². The molecule has 1 aliphatic carbocycles. The molecule has 4 aliphatic rings. The second-order valence-corrected chi connectivity index (χ2v) is 10.4. The van der Waals surface area contributed by atoms with Gasteiger partial charge in [-0.15, -0.1) is 0 Å². The Balaban J connectivity index is 1.40. The molecule has 1 aromatic carbocycles. The van der Waals surface area contributed by atoms with Crippen molar-refractivity contribution in [3.8, 4) is 0 Å². The van der Waals surface area contributed by atoms with Gasteiger partial charge in [-0.2, -0.15) is 0 Å². The molecule has 1 fully saturated rings. The van der Waals surface area contributed by atoms with E-state index in [4.69, 9.17) is 11.5 Å². The average Bonchev–Trinajstić information content (AvgIpc) is 3.20. The van der Waals surface area contributed by atoms with E-state index in [0.717, 1.165) is 36.8 Å². The lowest BCUT2D eigenvalue weighted by molar-refractivity contribution is -0.505. The van der Waals surface area contributed by atoms with Gasteiger partial charge in [-0.05, 0) is 42.9 Å². The quantitative estimate of drug-likeness (QED) is 0.150. The number of carbonyl (C=O) groups excluding carboxylic acids is 3. The smallest absolute Gasteiger partial charge is 0.341 e. The summed E-state index contributed by atoms with van der Waals surface area (Å²) in [5, 5.41) is 27.8. The maximum Gasteiger partial charge on any atom is 0.341 e. The second kappa shape index (κ2) is 10.2. The predicted octanol–water partition coefficient (Wildman–Crippen LogP) is -4.14. The van der Waals surface area contributed by atoms with Crippen LogP contribution in [0.15, 0.2) is 23.2 Å². The second-order valence-electron chi connectivity index (χ2n) is 10.4. The molecule has 3 atom stereocenters. The summed E-state index contributed by atoms with van der Waals surface area (Å²) in [6.45, 7) is -0.131. The van der Waals surface area contributed by atoms with Gasteiger partial charge in [-0.25, -0.2) is 4.99 Å². The SMILES string of the molecule is NC1=NC(CN2C(=O)CCC2=O)C2CN1CC(NC(=O)c1cccc3c1CCCC3)C(O)(O)C[NH+]=C(N)N2. The Morgan fingerprint density at radius 2 is 1.87 bits per heavy atom. The fourth-order valence-electron chi connectivity index (χ4n) is 5.64. The first kappa shape index (κ1) is 25.9. The van der Waals surface area contributed by atoms with Crippen LogP contribution in [0.5, 0.6) is 0 Å². The molecule has 0 saturated carbocycles. The number of nitrogens with zero attached hydrogens (tertiary/aromatic N) is 3. The van der Waals surface area contributed by atoms with Crippen molar-refractivity contribution in [1.29, 1.82) is 0 Å². The number of aliphatic imine (C=N–C) groups is 1. The molecule has 0 radical (unpaired) electrons. The highest BCUT2D eigenvalue weighted by molar-refractivity contribution is 6.02. The molecule has 204 valence electrons. The van der Waals surface area contributed by atoms with Crippen molar-refractivity contribution in [3.05, 3.63) is 34.9 Å². The summed E-state index contributed by atoms with van der Waals surface area (Å²) in [7, 11) is 0. The van der Waals surface area contributed by atoms with Crippen LogP contribution in [0.1, 0.15) is 47.2 Å². The highest BCUT2D eigenvalue weighted by atomic mass is 16.5. The monoisotopic (exact) mass is 527 g/mol. The van der Waals surface area contributed by atoms with Crippen LogP contribution in [0.25, 0.3) is 0 Å². The van der Waals surface area contributed by atoms with E-state index in [1.165, 1.54) is 4.90 Å². The molecule has 1 saturated heterocycles. The maximum atomic E-state index is 13.4. The molecule has 3 heterocycles. The number of imide groups is 1. The van der Waals surface area contributed by atoms with Crippen molar-refractivity contribution >= 4 is 29.6 Å². The first-order chi connectivity index (χ1) is 18.1. The van der Waals surface area contributed by atoms with Crippen LogP contribution >= 0.6 is 0 Å². The van der Waals surface area contributed by atoms with Gasteiger partial charge in [0.15, 0.2) is 5.96 Å². The topological polar surface area (TPSA) is 201 Å². The number of guanidine groups is 2. The molecular formula is C25H35N8O5+. The summed E-state index contributed by atoms with van der Waals surface area (Å²) in [5.41, 5.74) is 15.0. The van der Waals surface area contributed by atoms with Gasteiger partial charge in [0.25, 0.3) is 5.91 Å². The maximum absolute atomic E-state index is 13.4. The zero-order valence-corrected chi connectivity index (χ0v) is 21.2. The van der Waals surface area contributed by atoms with Gasteiger partial charge in [0.2, 0.25) is 17.6 Å². The minimum atomic E-state index is -2.38. The molecule has 5 rings (SSSR count). The van der Waals surface area contributed by atoms with Gasteiger partial charge < -0.3 is 26.2 Å². The summed E-state index contributed by atoms with van der Waals surface area (Å²) < 4.78 is 0. The lowest BCUT2D eigenvalue weighted by Gasteiger charge is -2.41. The molecule has 13 heteroatoms. The van der Waals surface area contributed by atoms with Crippen LogP contribution in [0.2, 0.25) is 0 Å². The highest BCUT2D eigenvalue weighted by Crippen LogP contribution is 2.25. The average molecular weight is 528 g/mol. The van der Waals surface area contributed by atoms with Crippen LogP contribution in [0, 0.1) is 0 Å². The number of aryl methyl sites for hydroxylation is 1. The molecule has 0 spiro atoms. The Kier molecular flexibility index (Phi) is 6.97. The largest absolute Gasteiger partial charge is 0.370 e. The number of nitrogens with one attached hydrogen (secondary N) is 3. The number of β-amino-alcohol motifs (C(OH)–C–C–N with tert-alkyl or cyclic N) is 2. The molecule has 3 amide bonds. The van der Waals surface area contributed by atoms with E-state index in [1.807, 2.05) is 12.1 Å². The summed E-state index contributed by atoms with van der Waals surface area (Å²) >= 11 is 0. The van der Waals surface area contributed by atoms with Gasteiger partial charge in [-0.1, -0.05) is 12.1 Å². The number of fused-ring (bicyclic) bond motifs is 3. The molecule has 2 bridgehead atoms. The Morgan fingerprint density at radius 1 is 1.13 bits per heavy atom. The van der Waals surface area contributed by atoms with Crippen LogP contribution < -0.4 is 27.1 Å². The zero-order valence-electron chi connectivity index (χ0n) is 21.2. The van der Waals surface area contributed by atoms with Crippen LogP contribution in [-0.4, -0.2) is 99.7 Å². The van der Waals surface area contributed by atoms with E-state index in [0.29, 0.717) is 5.56 Å². The predicted molar refractivity (Wildman–Crippen MR) is 136 cm³/mol. The third kappa shape index (κ3) is 5.16. The van der Waals surface area contributed by atoms with Gasteiger partial charge >= 0.3 is 5.96 Å². The molecule has 38 heavy (non-hydrogen) atoms. The number of likely N-dealkylation sites (tertiary alicyclic amines) is 1. The molecule has 13 nitrogen and oxygen atoms in total. The van der Waals surface area contributed by atoms with E-state index >= 15 is 0 Å². The number of amides is 3. The fraction of sp³-hybridized carbons (Fsp3) is 0.560. The van der Waals surface area contributed by atoms with Crippen LogP contribution in [0.3, 0.4) is 0 Å². The summed E-state index contributed by atoms with van der Waals surface area (Å²) in [6.07, 6.45) is 4.12. The van der Waals surface area contributed by atoms with Crippen molar-refractivity contribution in [2.75, 3.05) is 26.2 Å². The van der Waals surface area contributed by atoms with Gasteiger partial charge in [0, 0.05) is 24.9 Å². The fourth-order valence-corrected chi connectivity index (χ4v) is 5.64. The van der Waals surface area contributed by atoms with E-state index in [1.54, 1.807) is 11.0 Å². The van der Waals surface area contributed by atoms with Crippen molar-refractivity contribution < 1.29 is 29.6 Å². The van der Waals surface area contributed by atoms with Gasteiger partial charge in [0.05, 0.1) is 13.1 Å². The Morgan fingerprint density at radius 3 is 2.63 bits per heavy atom. The normalized spacial score (nSPS) is 27.2. The van der Waals surface area contributed by atoms with Gasteiger partial charge in [0.1, 0.15) is 24.7 Å². The first-order valence-electron chi connectivity index (χ1n) is 13.0. The molecular weight excluding hydrogens is 492 g/mol. The van der Waals surface area contributed by atoms with Crippen molar-refractivity contribution in [2.45, 2.75) is 62.4 Å². The van der Waals surface area contributed by atoms with Crippen molar-refractivity contribution in [3.63, 3.8) is 0 Å². The number of hydrogen-bond donors (Lipinski definition) is 7. The number of benzene rings is 1. The third-order valence-electron chi connectivity index (χ3n) is 7.81. The molecule has 0 aromatic heterocycles. The van der Waals surface area contributed by atoms with Crippen molar-refractivity contribution in [2.24, 2.45) is 16.5 Å². The van der Waals surface area contributed by atoms with E-state index in [-0.39, 0.29) is 62.8 Å². The minimum Gasteiger partial charge on any atom is -0.370 e. The number of hydrogen-bond acceptors (Lipinski definition) is 10. The summed E-state index contributed by atoms with van der Waals surface area (Å²) in [5.74, 6) is -3.12. The van der Waals surface area contributed by atoms with Crippen LogP contribution in [0.4, 0.5) is 0 Å². The third-order valence-corrected chi connectivity index (χ3v) is 7.81. The molecule has 3 aliphatic heterocycles. The summed E-state index contributed by atoms with van der Waals surface area (Å²) in [4.78, 5) is 47.9. The van der Waals surface area contributed by atoms with E-state index in [2.05, 4.69) is 20.6 Å². The number of aliphatic hydroxyl groups is 2. The number of nitrogens with two attached hydrogens (primary N) is 2. The first-order valence-corrected chi connectivity index (χ1v) is 13.0. The van der Waals surface area contributed by atoms with Gasteiger partial charge in [-0.3, -0.25) is 35.3 Å². The summed E-state index contributed by atoms with van der Waals surface area (Å²) in [6, 6.07) is 3.46. The molecule has 3 unspecified atom stereocenters. The van der Waals surface area contributed by atoms with E-state index < -0.39 is 29.8 Å². The minimum absolute atomic E-state index is 0.0445. The van der Waals surface area contributed by atoms with Crippen molar-refractivity contribution in [1.82, 2.24) is 20.4 Å². The van der Waals surface area contributed by atoms with E-state index in [9.17, 15) is 24.6 Å². The Bertz CT molecular complexity index is 1180. The lowest BCUT2D eigenvalue weighted by Crippen LogP contribution is -2.86. The molecule has 1 aromatic rings. The molecule has 9 N–H and O–H groups in total.